The molecule has 0 saturated heterocycles. The van der Waals surface area contributed by atoms with Crippen molar-refractivity contribution in [3.05, 3.63) is 84.3 Å². The Morgan fingerprint density at radius 2 is 1.59 bits per heavy atom. The first-order valence-corrected chi connectivity index (χ1v) is 11.8. The van der Waals surface area contributed by atoms with Crippen molar-refractivity contribution in [2.45, 2.75) is 19.3 Å². The second kappa shape index (κ2) is 9.89. The van der Waals surface area contributed by atoms with Gasteiger partial charge in [-0.2, -0.15) is 0 Å². The van der Waals surface area contributed by atoms with Gasteiger partial charge in [0.25, 0.3) is 0 Å². The zero-order valence-corrected chi connectivity index (χ0v) is 20.4. The van der Waals surface area contributed by atoms with Crippen LogP contribution in [-0.4, -0.2) is 30.9 Å². The number of methoxy groups -OCH3 is 2. The monoisotopic (exact) mass is 499 g/mol. The van der Waals surface area contributed by atoms with Gasteiger partial charge in [0.1, 0.15) is 22.7 Å². The lowest BCUT2D eigenvalue weighted by Crippen LogP contribution is -2.32. The van der Waals surface area contributed by atoms with Crippen molar-refractivity contribution in [3.63, 3.8) is 0 Å². The Morgan fingerprint density at radius 3 is 2.24 bits per heavy atom. The smallest absolute Gasteiger partial charge is 0.238 e. The van der Waals surface area contributed by atoms with Gasteiger partial charge in [0.15, 0.2) is 17.3 Å². The summed E-state index contributed by atoms with van der Waals surface area (Å²) in [5, 5.41) is 3.61. The van der Waals surface area contributed by atoms with Crippen molar-refractivity contribution in [3.8, 4) is 23.0 Å². The SMILES string of the molecule is COc1cc2nccc(Oc3ccc(NC(=O)C4(C(=O)Cc5ccc([18F])cc5)CC4)cc3)c2cc1OC. The maximum Gasteiger partial charge on any atom is 0.238 e. The molecule has 1 aliphatic rings. The number of pyridine rings is 1. The Balaban J connectivity index is 1.27. The average molecular weight is 500 g/mol. The molecule has 188 valence electrons. The number of carbonyl (C=O) groups excluding carboxylic acids is 2. The quantitative estimate of drug-likeness (QED) is 0.297. The summed E-state index contributed by atoms with van der Waals surface area (Å²) in [6.45, 7) is 0. The van der Waals surface area contributed by atoms with Crippen molar-refractivity contribution in [2.75, 3.05) is 19.5 Å². The Hall–Kier alpha value is -4.46. The number of nitrogens with one attached hydrogen (secondary N) is 1. The maximum absolute atomic E-state index is 13.1. The van der Waals surface area contributed by atoms with Gasteiger partial charge in [0.05, 0.1) is 19.7 Å². The molecule has 37 heavy (non-hydrogen) atoms. The van der Waals surface area contributed by atoms with E-state index < -0.39 is 5.41 Å². The van der Waals surface area contributed by atoms with Crippen LogP contribution in [0.25, 0.3) is 10.9 Å². The molecule has 1 saturated carbocycles. The summed E-state index contributed by atoms with van der Waals surface area (Å²) in [4.78, 5) is 30.2. The highest BCUT2D eigenvalue weighted by Gasteiger charge is 2.55. The summed E-state index contributed by atoms with van der Waals surface area (Å²) in [5.74, 6) is 1.44. The first-order valence-electron chi connectivity index (χ1n) is 11.8. The molecule has 1 N–H and O–H groups in total. The van der Waals surface area contributed by atoms with E-state index in [2.05, 4.69) is 10.3 Å². The predicted octanol–water partition coefficient (Wildman–Crippen LogP) is 5.71. The van der Waals surface area contributed by atoms with E-state index in [-0.39, 0.29) is 23.9 Å². The third-order valence-corrected chi connectivity index (χ3v) is 6.54. The van der Waals surface area contributed by atoms with Gasteiger partial charge in [-0.25, -0.2) is 4.39 Å². The minimum Gasteiger partial charge on any atom is -0.493 e. The van der Waals surface area contributed by atoms with Gasteiger partial charge in [0, 0.05) is 29.8 Å². The van der Waals surface area contributed by atoms with Crippen molar-refractivity contribution >= 4 is 28.3 Å². The van der Waals surface area contributed by atoms with Crippen molar-refractivity contribution in [1.82, 2.24) is 4.98 Å². The summed E-state index contributed by atoms with van der Waals surface area (Å²) in [6.07, 6.45) is 2.75. The van der Waals surface area contributed by atoms with Gasteiger partial charge in [-0.3, -0.25) is 14.6 Å². The highest BCUT2D eigenvalue weighted by atomic mass is 18.2. The predicted molar refractivity (Wildman–Crippen MR) is 137 cm³/mol. The molecule has 1 amide bonds. The minimum atomic E-state index is -1.03. The molecule has 1 fully saturated rings. The number of ether oxygens (including phenoxy) is 3. The van der Waals surface area contributed by atoms with Gasteiger partial charge in [-0.05, 0) is 66.9 Å². The van der Waals surface area contributed by atoms with E-state index in [9.17, 15) is 14.0 Å². The minimum absolute atomic E-state index is 0.0943. The molecular formula is C29H25FN2O5. The molecule has 4 aromatic rings. The van der Waals surface area contributed by atoms with Gasteiger partial charge in [0.2, 0.25) is 5.91 Å². The second-order valence-electron chi connectivity index (χ2n) is 8.92. The average Bonchev–Trinajstić information content (AvgIpc) is 3.73. The fourth-order valence-corrected chi connectivity index (χ4v) is 4.23. The summed E-state index contributed by atoms with van der Waals surface area (Å²) >= 11 is 0. The largest absolute Gasteiger partial charge is 0.493 e. The fraction of sp³-hybridized carbons (Fsp3) is 0.207. The number of anilines is 1. The molecule has 1 aliphatic carbocycles. The molecule has 0 aliphatic heterocycles. The number of amides is 1. The molecule has 0 spiro atoms. The van der Waals surface area contributed by atoms with E-state index >= 15 is 0 Å². The zero-order chi connectivity index (χ0) is 26.0. The lowest BCUT2D eigenvalue weighted by atomic mass is 9.94. The van der Waals surface area contributed by atoms with Gasteiger partial charge >= 0.3 is 0 Å². The number of nitrogens with zero attached hydrogens (tertiary/aromatic N) is 1. The van der Waals surface area contributed by atoms with E-state index in [0.717, 1.165) is 5.39 Å². The fourth-order valence-electron chi connectivity index (χ4n) is 4.23. The topological polar surface area (TPSA) is 86.8 Å². The molecule has 8 heteroatoms. The highest BCUT2D eigenvalue weighted by molar-refractivity contribution is 6.14. The Morgan fingerprint density at radius 1 is 0.919 bits per heavy atom. The number of rotatable bonds is 9. The molecule has 1 aromatic heterocycles. The Kier molecular flexibility index (Phi) is 6.48. The van der Waals surface area contributed by atoms with Gasteiger partial charge in [-0.15, -0.1) is 0 Å². The van der Waals surface area contributed by atoms with Crippen LogP contribution in [0.5, 0.6) is 23.0 Å². The Labute approximate surface area is 213 Å². The van der Waals surface area contributed by atoms with Crippen LogP contribution in [-0.2, 0) is 16.0 Å². The number of fused-ring (bicyclic) bond motifs is 1. The number of ketones is 1. The normalized spacial score (nSPS) is 13.6. The van der Waals surface area contributed by atoms with Crippen LogP contribution in [0.2, 0.25) is 0 Å². The molecule has 7 nitrogen and oxygen atoms in total. The molecule has 0 radical (unpaired) electrons. The number of benzene rings is 3. The van der Waals surface area contributed by atoms with Gasteiger partial charge < -0.3 is 19.5 Å². The summed E-state index contributed by atoms with van der Waals surface area (Å²) in [5.41, 5.74) is 0.912. The number of hydrogen-bond donors (Lipinski definition) is 1. The Bertz CT molecular complexity index is 1460. The number of Topliss-reactive ketones (excluding diaryl/α,β-unsaturated/α-hetero) is 1. The lowest BCUT2D eigenvalue weighted by molar-refractivity contribution is -0.132. The van der Waals surface area contributed by atoms with Crippen LogP contribution >= 0.6 is 0 Å². The molecule has 0 unspecified atom stereocenters. The van der Waals surface area contributed by atoms with Crippen molar-refractivity contribution in [1.29, 1.82) is 0 Å². The third kappa shape index (κ3) is 4.95. The first kappa shape index (κ1) is 24.2. The van der Waals surface area contributed by atoms with Crippen LogP contribution in [0.1, 0.15) is 18.4 Å². The molecule has 3 aromatic carbocycles. The number of hydrogen-bond acceptors (Lipinski definition) is 6. The zero-order valence-electron chi connectivity index (χ0n) is 20.4. The number of halogens is 1. The van der Waals surface area contributed by atoms with Crippen LogP contribution in [0.3, 0.4) is 0 Å². The molecular weight excluding hydrogens is 474 g/mol. The molecule has 0 bridgehead atoms. The van der Waals surface area contributed by atoms with Crippen LogP contribution in [0.4, 0.5) is 10.1 Å². The second-order valence-corrected chi connectivity index (χ2v) is 8.92. The van der Waals surface area contributed by atoms with E-state index in [4.69, 9.17) is 14.2 Å². The summed E-state index contributed by atoms with van der Waals surface area (Å²) in [6, 6.07) is 18.0. The van der Waals surface area contributed by atoms with Crippen LogP contribution < -0.4 is 19.5 Å². The van der Waals surface area contributed by atoms with E-state index in [1.165, 1.54) is 12.1 Å². The summed E-state index contributed by atoms with van der Waals surface area (Å²) in [7, 11) is 3.13. The highest BCUT2D eigenvalue weighted by Crippen LogP contribution is 2.48. The first-order chi connectivity index (χ1) is 17.9. The summed E-state index contributed by atoms with van der Waals surface area (Å²) < 4.78 is 30.0. The van der Waals surface area contributed by atoms with Crippen LogP contribution in [0.15, 0.2) is 72.9 Å². The molecule has 5 rings (SSSR count). The van der Waals surface area contributed by atoms with E-state index in [1.807, 2.05) is 6.07 Å². The van der Waals surface area contributed by atoms with Crippen LogP contribution in [0, 0.1) is 11.2 Å². The van der Waals surface area contributed by atoms with Crippen molar-refractivity contribution < 1.29 is 28.2 Å². The third-order valence-electron chi connectivity index (χ3n) is 6.54. The maximum atomic E-state index is 13.1. The van der Waals surface area contributed by atoms with E-state index in [0.29, 0.717) is 52.6 Å². The standard InChI is InChI=1S/C29H25FN2O5/c1-35-25-16-22-23(17-26(25)36-2)31-14-11-24(22)37-21-9-7-20(8-10-21)32-28(34)29(12-13-29)27(33)15-18-3-5-19(30)6-4-18/h3-11,14,16-17H,12-13,15H2,1-2H3,(H,32,34)/i30-1. The van der Waals surface area contributed by atoms with Crippen molar-refractivity contribution in [2.24, 2.45) is 5.41 Å². The number of aromatic nitrogens is 1. The lowest BCUT2D eigenvalue weighted by Gasteiger charge is -2.15. The molecule has 0 atom stereocenters. The van der Waals surface area contributed by atoms with Gasteiger partial charge in [-0.1, -0.05) is 12.1 Å². The molecule has 1 heterocycles. The number of carbonyl (C=O) groups is 2. The van der Waals surface area contributed by atoms with E-state index in [1.54, 1.807) is 68.9 Å².